The summed E-state index contributed by atoms with van der Waals surface area (Å²) < 4.78 is 1.88. The molecule has 0 radical (unpaired) electrons. The van der Waals surface area contributed by atoms with Crippen LogP contribution in [-0.4, -0.2) is 10.5 Å². The van der Waals surface area contributed by atoms with Gasteiger partial charge in [-0.25, -0.2) is 0 Å². The minimum atomic E-state index is 0.240. The van der Waals surface area contributed by atoms with Gasteiger partial charge < -0.3 is 0 Å². The van der Waals surface area contributed by atoms with Crippen LogP contribution >= 0.6 is 0 Å². The number of carbonyl (C=O) groups excluding carboxylic acids is 1. The molecule has 14 heavy (non-hydrogen) atoms. The highest BCUT2D eigenvalue weighted by atomic mass is 16.2. The van der Waals surface area contributed by atoms with Gasteiger partial charge in [-0.2, -0.15) is 0 Å². The first-order valence-corrected chi connectivity index (χ1v) is 4.91. The Kier molecular flexibility index (Phi) is 1.38. The van der Waals surface area contributed by atoms with Crippen molar-refractivity contribution in [3.8, 4) is 0 Å². The van der Waals surface area contributed by atoms with Crippen molar-refractivity contribution in [2.75, 3.05) is 0 Å². The molecule has 1 aromatic carbocycles. The Morgan fingerprint density at radius 1 is 1.21 bits per heavy atom. The Balaban J connectivity index is 2.52. The van der Waals surface area contributed by atoms with Gasteiger partial charge in [0, 0.05) is 17.5 Å². The summed E-state index contributed by atoms with van der Waals surface area (Å²) in [5, 5.41) is 1.22. The number of fused-ring (bicyclic) bond motifs is 3. The van der Waals surface area contributed by atoms with Crippen molar-refractivity contribution in [2.24, 2.45) is 0 Å². The molecule has 1 aromatic heterocycles. The molecular weight excluding hydrogens is 174 g/mol. The number of benzene rings is 1. The molecule has 0 fully saturated rings. The van der Waals surface area contributed by atoms with E-state index in [9.17, 15) is 4.79 Å². The molecule has 1 aliphatic rings. The third-order valence-electron chi connectivity index (χ3n) is 3.08. The van der Waals surface area contributed by atoms with E-state index in [1.54, 1.807) is 0 Å². The highest BCUT2D eigenvalue weighted by molar-refractivity contribution is 5.98. The zero-order valence-electron chi connectivity index (χ0n) is 8.08. The number of aromatic nitrogens is 1. The molecule has 0 aliphatic carbocycles. The van der Waals surface area contributed by atoms with Crippen molar-refractivity contribution < 1.29 is 4.79 Å². The van der Waals surface area contributed by atoms with E-state index >= 15 is 0 Å². The van der Waals surface area contributed by atoms with E-state index in [-0.39, 0.29) is 5.91 Å². The Morgan fingerprint density at radius 2 is 2.00 bits per heavy atom. The maximum atomic E-state index is 11.7. The van der Waals surface area contributed by atoms with Crippen molar-refractivity contribution in [1.82, 2.24) is 4.57 Å². The van der Waals surface area contributed by atoms with Crippen molar-refractivity contribution in [1.29, 1.82) is 0 Å². The van der Waals surface area contributed by atoms with E-state index < -0.39 is 0 Å². The summed E-state index contributed by atoms with van der Waals surface area (Å²) in [5.74, 6) is 0.240. The molecule has 0 spiro atoms. The third-order valence-corrected chi connectivity index (χ3v) is 3.08. The zero-order valence-corrected chi connectivity index (χ0v) is 8.08. The molecule has 0 bridgehead atoms. The molecule has 70 valence electrons. The zero-order chi connectivity index (χ0) is 9.71. The standard InChI is InChI=1S/C12H11NO/c1-8-9-4-2-3-5-11(9)13-10(8)6-7-12(13)14/h2-5H,6-7H2,1H3. The molecule has 2 aromatic rings. The molecular formula is C12H11NO. The van der Waals surface area contributed by atoms with Gasteiger partial charge in [0.25, 0.3) is 0 Å². The van der Waals surface area contributed by atoms with Gasteiger partial charge in [0.15, 0.2) is 0 Å². The second-order valence-corrected chi connectivity index (χ2v) is 3.82. The molecule has 2 heteroatoms. The summed E-state index contributed by atoms with van der Waals surface area (Å²) in [4.78, 5) is 11.7. The lowest BCUT2D eigenvalue weighted by molar-refractivity contribution is 0.0928. The quantitative estimate of drug-likeness (QED) is 0.618. The number of para-hydroxylation sites is 1. The van der Waals surface area contributed by atoms with Gasteiger partial charge in [0.05, 0.1) is 5.52 Å². The monoisotopic (exact) mass is 185 g/mol. The number of carbonyl (C=O) groups is 1. The normalized spacial score (nSPS) is 15.1. The lowest BCUT2D eigenvalue weighted by Crippen LogP contribution is -2.02. The van der Waals surface area contributed by atoms with Gasteiger partial charge >= 0.3 is 0 Å². The molecule has 2 heterocycles. The number of nitrogens with zero attached hydrogens (tertiary/aromatic N) is 1. The summed E-state index contributed by atoms with van der Waals surface area (Å²) in [7, 11) is 0. The first-order valence-electron chi connectivity index (χ1n) is 4.91. The molecule has 0 N–H and O–H groups in total. The van der Waals surface area contributed by atoms with Gasteiger partial charge in [0.2, 0.25) is 5.91 Å². The van der Waals surface area contributed by atoms with Crippen LogP contribution in [0, 0.1) is 6.92 Å². The van der Waals surface area contributed by atoms with Crippen LogP contribution in [0.15, 0.2) is 24.3 Å². The lowest BCUT2D eigenvalue weighted by Gasteiger charge is -1.96. The highest BCUT2D eigenvalue weighted by Crippen LogP contribution is 2.30. The Labute approximate surface area is 82.1 Å². The first-order chi connectivity index (χ1) is 6.79. The fourth-order valence-corrected chi connectivity index (χ4v) is 2.38. The Bertz CT molecular complexity index is 536. The van der Waals surface area contributed by atoms with Crippen molar-refractivity contribution >= 4 is 16.8 Å². The summed E-state index contributed by atoms with van der Waals surface area (Å²) in [6.45, 7) is 2.10. The van der Waals surface area contributed by atoms with Crippen LogP contribution in [0.1, 0.15) is 22.5 Å². The summed E-state index contributed by atoms with van der Waals surface area (Å²) in [6.07, 6.45) is 1.57. The van der Waals surface area contributed by atoms with E-state index in [0.29, 0.717) is 6.42 Å². The maximum Gasteiger partial charge on any atom is 0.231 e. The molecule has 0 saturated carbocycles. The second kappa shape index (κ2) is 2.47. The van der Waals surface area contributed by atoms with E-state index in [4.69, 9.17) is 0 Å². The molecule has 0 unspecified atom stereocenters. The average Bonchev–Trinajstić information content (AvgIpc) is 2.70. The number of hydrogen-bond acceptors (Lipinski definition) is 1. The van der Waals surface area contributed by atoms with Crippen LogP contribution in [0.2, 0.25) is 0 Å². The molecule has 1 aliphatic heterocycles. The second-order valence-electron chi connectivity index (χ2n) is 3.82. The topological polar surface area (TPSA) is 22.0 Å². The van der Waals surface area contributed by atoms with E-state index in [1.165, 1.54) is 16.6 Å². The molecule has 0 atom stereocenters. The van der Waals surface area contributed by atoms with Gasteiger partial charge in [-0.15, -0.1) is 0 Å². The van der Waals surface area contributed by atoms with Crippen LogP contribution in [0.3, 0.4) is 0 Å². The van der Waals surface area contributed by atoms with E-state index in [2.05, 4.69) is 13.0 Å². The van der Waals surface area contributed by atoms with E-state index in [1.807, 2.05) is 22.8 Å². The van der Waals surface area contributed by atoms with E-state index in [0.717, 1.165) is 11.9 Å². The predicted molar refractivity (Wildman–Crippen MR) is 55.6 cm³/mol. The lowest BCUT2D eigenvalue weighted by atomic mass is 10.1. The van der Waals surface area contributed by atoms with Crippen LogP contribution < -0.4 is 0 Å². The maximum absolute atomic E-state index is 11.7. The number of hydrogen-bond donors (Lipinski definition) is 0. The molecule has 2 nitrogen and oxygen atoms in total. The van der Waals surface area contributed by atoms with Crippen LogP contribution in [0.25, 0.3) is 10.9 Å². The summed E-state index contributed by atoms with van der Waals surface area (Å²) >= 11 is 0. The van der Waals surface area contributed by atoms with Gasteiger partial charge in [-0.05, 0) is 25.0 Å². The summed E-state index contributed by atoms with van der Waals surface area (Å²) in [6, 6.07) is 8.12. The molecule has 0 amide bonds. The minimum Gasteiger partial charge on any atom is -0.284 e. The van der Waals surface area contributed by atoms with Gasteiger partial charge in [-0.3, -0.25) is 9.36 Å². The number of aryl methyl sites for hydroxylation is 1. The SMILES string of the molecule is Cc1c2n(c3ccccc13)C(=O)CC2. The van der Waals surface area contributed by atoms with Gasteiger partial charge in [0.1, 0.15) is 0 Å². The van der Waals surface area contributed by atoms with Crippen molar-refractivity contribution in [2.45, 2.75) is 19.8 Å². The predicted octanol–water partition coefficient (Wildman–Crippen LogP) is 2.54. The number of rotatable bonds is 0. The van der Waals surface area contributed by atoms with Gasteiger partial charge in [-0.1, -0.05) is 18.2 Å². The van der Waals surface area contributed by atoms with Crippen LogP contribution in [0.4, 0.5) is 0 Å². The fraction of sp³-hybridized carbons (Fsp3) is 0.250. The Morgan fingerprint density at radius 3 is 2.86 bits per heavy atom. The largest absolute Gasteiger partial charge is 0.284 e. The Hall–Kier alpha value is -1.57. The summed E-state index contributed by atoms with van der Waals surface area (Å²) in [5.41, 5.74) is 3.55. The first kappa shape index (κ1) is 7.80. The molecule has 3 rings (SSSR count). The average molecular weight is 185 g/mol. The smallest absolute Gasteiger partial charge is 0.231 e. The van der Waals surface area contributed by atoms with Crippen LogP contribution in [-0.2, 0) is 6.42 Å². The minimum absolute atomic E-state index is 0.240. The highest BCUT2D eigenvalue weighted by Gasteiger charge is 2.24. The molecule has 0 saturated heterocycles. The van der Waals surface area contributed by atoms with Crippen molar-refractivity contribution in [3.63, 3.8) is 0 Å². The third kappa shape index (κ3) is 0.782. The van der Waals surface area contributed by atoms with Crippen LogP contribution in [0.5, 0.6) is 0 Å². The van der Waals surface area contributed by atoms with Crippen molar-refractivity contribution in [3.05, 3.63) is 35.5 Å². The fourth-order valence-electron chi connectivity index (χ4n) is 2.38.